The molecule has 1 amide bonds. The van der Waals surface area contributed by atoms with Crippen molar-refractivity contribution in [1.29, 1.82) is 0 Å². The Kier molecular flexibility index (Phi) is 9.76. The number of hydrogen-bond acceptors (Lipinski definition) is 8. The number of hydrogen-bond donors (Lipinski definition) is 0. The van der Waals surface area contributed by atoms with Crippen molar-refractivity contribution in [3.63, 3.8) is 0 Å². The molecule has 202 valence electrons. The van der Waals surface area contributed by atoms with Gasteiger partial charge in [0.15, 0.2) is 0 Å². The maximum atomic E-state index is 12.6. The third kappa shape index (κ3) is 7.43. The lowest BCUT2D eigenvalue weighted by molar-refractivity contribution is 0.0726. The lowest BCUT2D eigenvalue weighted by atomic mass is 10.2. The normalized spacial score (nSPS) is 17.0. The summed E-state index contributed by atoms with van der Waals surface area (Å²) in [5, 5.41) is 0. The van der Waals surface area contributed by atoms with Crippen molar-refractivity contribution in [2.24, 2.45) is 0 Å². The van der Waals surface area contributed by atoms with Crippen LogP contribution in [0.5, 0.6) is 17.2 Å². The van der Waals surface area contributed by atoms with Gasteiger partial charge < -0.3 is 28.7 Å². The van der Waals surface area contributed by atoms with Crippen LogP contribution in [0.4, 0.5) is 10.5 Å². The van der Waals surface area contributed by atoms with Gasteiger partial charge in [-0.2, -0.15) is 0 Å². The third-order valence-electron chi connectivity index (χ3n) is 6.96. The predicted molar refractivity (Wildman–Crippen MR) is 147 cm³/mol. The highest BCUT2D eigenvalue weighted by Gasteiger charge is 2.24. The molecule has 0 saturated carbocycles. The van der Waals surface area contributed by atoms with Gasteiger partial charge >= 0.3 is 6.09 Å². The Bertz CT molecular complexity index is 1020. The van der Waals surface area contributed by atoms with Crippen molar-refractivity contribution < 1.29 is 23.7 Å². The van der Waals surface area contributed by atoms with Crippen molar-refractivity contribution in [2.75, 3.05) is 91.7 Å². The highest BCUT2D eigenvalue weighted by Crippen LogP contribution is 2.29. The number of benzene rings is 2. The highest BCUT2D eigenvalue weighted by molar-refractivity contribution is 9.10. The second-order valence-electron chi connectivity index (χ2n) is 9.25. The number of methoxy groups -OCH3 is 3. The van der Waals surface area contributed by atoms with Gasteiger partial charge in [-0.3, -0.25) is 9.80 Å². The van der Waals surface area contributed by atoms with Crippen LogP contribution in [-0.4, -0.2) is 108 Å². The largest absolute Gasteiger partial charge is 0.497 e. The molecule has 0 bridgehead atoms. The zero-order valence-electron chi connectivity index (χ0n) is 22.0. The molecule has 0 atom stereocenters. The Morgan fingerprint density at radius 1 is 0.811 bits per heavy atom. The van der Waals surface area contributed by atoms with Crippen LogP contribution in [0.2, 0.25) is 0 Å². The molecule has 2 aromatic rings. The molecule has 0 spiro atoms. The maximum Gasteiger partial charge on any atom is 0.409 e. The van der Waals surface area contributed by atoms with Crippen LogP contribution < -0.4 is 19.1 Å². The van der Waals surface area contributed by atoms with Crippen LogP contribution in [0.1, 0.15) is 5.56 Å². The fourth-order valence-electron chi connectivity index (χ4n) is 4.71. The van der Waals surface area contributed by atoms with E-state index in [1.165, 1.54) is 5.56 Å². The zero-order chi connectivity index (χ0) is 26.2. The van der Waals surface area contributed by atoms with E-state index in [0.717, 1.165) is 79.8 Å². The Morgan fingerprint density at radius 2 is 1.46 bits per heavy atom. The lowest BCUT2D eigenvalue weighted by Gasteiger charge is -2.36. The lowest BCUT2D eigenvalue weighted by Crippen LogP contribution is -2.50. The van der Waals surface area contributed by atoms with Crippen LogP contribution in [0.15, 0.2) is 40.9 Å². The summed E-state index contributed by atoms with van der Waals surface area (Å²) in [6, 6.07) is 12.1. The minimum atomic E-state index is -0.230. The summed E-state index contributed by atoms with van der Waals surface area (Å²) >= 11 is 3.57. The van der Waals surface area contributed by atoms with Crippen molar-refractivity contribution >= 4 is 27.7 Å². The monoisotopic (exact) mass is 576 g/mol. The number of anilines is 1. The summed E-state index contributed by atoms with van der Waals surface area (Å²) in [4.78, 5) is 21.5. The summed E-state index contributed by atoms with van der Waals surface area (Å²) in [5.74, 6) is 2.36. The van der Waals surface area contributed by atoms with Gasteiger partial charge in [-0.15, -0.1) is 0 Å². The zero-order valence-corrected chi connectivity index (χ0v) is 23.5. The van der Waals surface area contributed by atoms with Crippen LogP contribution in [-0.2, 0) is 11.3 Å². The van der Waals surface area contributed by atoms with Gasteiger partial charge in [0.2, 0.25) is 0 Å². The molecule has 2 fully saturated rings. The van der Waals surface area contributed by atoms with E-state index < -0.39 is 0 Å². The van der Waals surface area contributed by atoms with Gasteiger partial charge in [0.1, 0.15) is 23.9 Å². The van der Waals surface area contributed by atoms with Gasteiger partial charge in [0, 0.05) is 89.3 Å². The number of nitrogens with zero attached hydrogens (tertiary/aromatic N) is 4. The molecule has 0 unspecified atom stereocenters. The Labute approximate surface area is 227 Å². The average Bonchev–Trinajstić information content (AvgIpc) is 2.93. The number of amides is 1. The van der Waals surface area contributed by atoms with Crippen molar-refractivity contribution in [3.05, 3.63) is 46.4 Å². The number of carbonyl (C=O) groups excluding carboxylic acids is 1. The molecule has 10 heteroatoms. The molecule has 4 rings (SSSR count). The average molecular weight is 578 g/mol. The van der Waals surface area contributed by atoms with Crippen molar-refractivity contribution in [2.45, 2.75) is 6.54 Å². The van der Waals surface area contributed by atoms with E-state index in [2.05, 4.69) is 42.8 Å². The summed E-state index contributed by atoms with van der Waals surface area (Å²) in [5.41, 5.74) is 2.30. The molecular formula is C27H37BrN4O5. The minimum absolute atomic E-state index is 0.230. The molecule has 0 aliphatic carbocycles. The molecule has 2 aliphatic rings. The maximum absolute atomic E-state index is 12.6. The first-order valence-electron chi connectivity index (χ1n) is 12.7. The standard InChI is InChI=1S/C27H37BrN4O5/c1-34-23-17-22(18-24(19-23)35-2)31-10-12-32(13-11-31)27(33)37-15-14-29-6-8-30(9-7-29)20-21-4-5-26(36-3)25(28)16-21/h4-5,16-19H,6-15,20H2,1-3H3. The number of piperazine rings is 2. The molecule has 0 N–H and O–H groups in total. The molecule has 0 radical (unpaired) electrons. The topological polar surface area (TPSA) is 67.0 Å². The Balaban J connectivity index is 1.14. The second-order valence-corrected chi connectivity index (χ2v) is 10.1. The molecule has 2 heterocycles. The van der Waals surface area contributed by atoms with Crippen LogP contribution >= 0.6 is 15.9 Å². The van der Waals surface area contributed by atoms with Crippen LogP contribution in [0, 0.1) is 0 Å². The van der Waals surface area contributed by atoms with Crippen molar-refractivity contribution in [3.8, 4) is 17.2 Å². The molecule has 2 saturated heterocycles. The van der Waals surface area contributed by atoms with E-state index in [1.54, 1.807) is 26.2 Å². The fraction of sp³-hybridized carbons (Fsp3) is 0.519. The van der Waals surface area contributed by atoms with E-state index in [1.807, 2.05) is 24.3 Å². The van der Waals surface area contributed by atoms with E-state index in [9.17, 15) is 4.79 Å². The van der Waals surface area contributed by atoms with E-state index >= 15 is 0 Å². The fourth-order valence-corrected chi connectivity index (χ4v) is 5.30. The molecule has 9 nitrogen and oxygen atoms in total. The van der Waals surface area contributed by atoms with Crippen molar-refractivity contribution in [1.82, 2.24) is 14.7 Å². The SMILES string of the molecule is COc1cc(OC)cc(N2CCN(C(=O)OCCN3CCN(Cc4ccc(OC)c(Br)c4)CC3)CC2)c1. The first-order valence-corrected chi connectivity index (χ1v) is 13.4. The summed E-state index contributed by atoms with van der Waals surface area (Å²) < 4.78 is 22.7. The number of ether oxygens (including phenoxy) is 4. The molecule has 0 aromatic heterocycles. The predicted octanol–water partition coefficient (Wildman–Crippen LogP) is 3.55. The number of carbonyl (C=O) groups is 1. The Hall–Kier alpha value is -2.69. The summed E-state index contributed by atoms with van der Waals surface area (Å²) in [6.45, 7) is 8.74. The molecular weight excluding hydrogens is 540 g/mol. The van der Waals surface area contributed by atoms with E-state index in [-0.39, 0.29) is 6.09 Å². The molecule has 2 aliphatic heterocycles. The molecule has 37 heavy (non-hydrogen) atoms. The second kappa shape index (κ2) is 13.2. The van der Waals surface area contributed by atoms with Gasteiger partial charge in [0.05, 0.1) is 25.8 Å². The van der Waals surface area contributed by atoms with E-state index in [4.69, 9.17) is 18.9 Å². The van der Waals surface area contributed by atoms with Gasteiger partial charge in [-0.1, -0.05) is 6.07 Å². The highest BCUT2D eigenvalue weighted by atomic mass is 79.9. The Morgan fingerprint density at radius 3 is 2.05 bits per heavy atom. The first kappa shape index (κ1) is 27.3. The van der Waals surface area contributed by atoms with Gasteiger partial charge in [0.25, 0.3) is 0 Å². The smallest absolute Gasteiger partial charge is 0.409 e. The van der Waals surface area contributed by atoms with E-state index in [0.29, 0.717) is 19.7 Å². The minimum Gasteiger partial charge on any atom is -0.497 e. The quantitative estimate of drug-likeness (QED) is 0.449. The van der Waals surface area contributed by atoms with Crippen LogP contribution in [0.25, 0.3) is 0 Å². The molecule has 2 aromatic carbocycles. The van der Waals surface area contributed by atoms with Crippen LogP contribution in [0.3, 0.4) is 0 Å². The van der Waals surface area contributed by atoms with Gasteiger partial charge in [-0.25, -0.2) is 4.79 Å². The first-order chi connectivity index (χ1) is 18.0. The van der Waals surface area contributed by atoms with Gasteiger partial charge in [-0.05, 0) is 33.6 Å². The summed E-state index contributed by atoms with van der Waals surface area (Å²) in [7, 11) is 4.97. The third-order valence-corrected chi connectivity index (χ3v) is 7.58. The summed E-state index contributed by atoms with van der Waals surface area (Å²) in [6.07, 6.45) is -0.230. The number of rotatable bonds is 9. The number of halogens is 1.